The summed E-state index contributed by atoms with van der Waals surface area (Å²) in [6.07, 6.45) is 5.48. The summed E-state index contributed by atoms with van der Waals surface area (Å²) in [6, 6.07) is 4.17. The molecule has 0 aliphatic carbocycles. The van der Waals surface area contributed by atoms with E-state index in [1.165, 1.54) is 6.07 Å². The number of rotatable bonds is 4. The van der Waals surface area contributed by atoms with Crippen molar-refractivity contribution in [3.8, 4) is 0 Å². The maximum Gasteiger partial charge on any atom is 0.293 e. The monoisotopic (exact) mass is 354 g/mol. The number of ether oxygens (including phenoxy) is 1. The van der Waals surface area contributed by atoms with Crippen LogP contribution in [0.5, 0.6) is 0 Å². The molecule has 0 saturated carbocycles. The highest BCUT2D eigenvalue weighted by Crippen LogP contribution is 2.35. The van der Waals surface area contributed by atoms with Crippen LogP contribution in [-0.2, 0) is 14.6 Å². The van der Waals surface area contributed by atoms with Gasteiger partial charge in [-0.2, -0.15) is 0 Å². The second-order valence-electron chi connectivity index (χ2n) is 6.56. The molecule has 24 heavy (non-hydrogen) atoms. The Hall–Kier alpha value is -1.67. The summed E-state index contributed by atoms with van der Waals surface area (Å²) in [5.74, 6) is 0.512. The number of nitro groups is 1. The fourth-order valence-electron chi connectivity index (χ4n) is 3.63. The maximum absolute atomic E-state index is 11.6. The van der Waals surface area contributed by atoms with E-state index in [2.05, 4.69) is 0 Å². The van der Waals surface area contributed by atoms with E-state index in [0.717, 1.165) is 57.7 Å². The van der Waals surface area contributed by atoms with Gasteiger partial charge in [0.2, 0.25) is 0 Å². The number of anilines is 1. The lowest BCUT2D eigenvalue weighted by Gasteiger charge is -2.35. The standard InChI is InChI=1S/C16H22N2O5S/c1-24(21,22)13-4-5-14(15(11-13)18(19)20)17-8-6-12(7-9-17)16-3-2-10-23-16/h4-5,11-12,16H,2-3,6-10H2,1H3. The van der Waals surface area contributed by atoms with Crippen molar-refractivity contribution in [2.24, 2.45) is 5.92 Å². The van der Waals surface area contributed by atoms with Gasteiger partial charge in [-0.15, -0.1) is 0 Å². The van der Waals surface area contributed by atoms with Gasteiger partial charge in [0.25, 0.3) is 5.69 Å². The van der Waals surface area contributed by atoms with Gasteiger partial charge in [0.05, 0.1) is 15.9 Å². The second-order valence-corrected chi connectivity index (χ2v) is 8.57. The summed E-state index contributed by atoms with van der Waals surface area (Å²) < 4.78 is 29.0. The third kappa shape index (κ3) is 3.54. The summed E-state index contributed by atoms with van der Waals surface area (Å²) in [5, 5.41) is 11.4. The van der Waals surface area contributed by atoms with E-state index in [1.807, 2.05) is 4.90 Å². The number of hydrogen-bond donors (Lipinski definition) is 0. The van der Waals surface area contributed by atoms with Crippen LogP contribution in [0.2, 0.25) is 0 Å². The smallest absolute Gasteiger partial charge is 0.293 e. The third-order valence-corrected chi connectivity index (χ3v) is 6.05. The Kier molecular flexibility index (Phi) is 4.78. The lowest BCUT2D eigenvalue weighted by atomic mass is 9.89. The quantitative estimate of drug-likeness (QED) is 0.609. The SMILES string of the molecule is CS(=O)(=O)c1ccc(N2CCC(C3CCCO3)CC2)c([N+](=O)[O-])c1. The Labute approximate surface area is 141 Å². The van der Waals surface area contributed by atoms with Gasteiger partial charge in [0, 0.05) is 32.0 Å². The van der Waals surface area contributed by atoms with E-state index in [9.17, 15) is 18.5 Å². The minimum Gasteiger partial charge on any atom is -0.378 e. The summed E-state index contributed by atoms with van der Waals surface area (Å²) in [6.45, 7) is 2.29. The molecule has 1 atom stereocenters. The second kappa shape index (κ2) is 6.68. The van der Waals surface area contributed by atoms with Gasteiger partial charge in [-0.3, -0.25) is 10.1 Å². The largest absolute Gasteiger partial charge is 0.378 e. The highest BCUT2D eigenvalue weighted by atomic mass is 32.2. The van der Waals surface area contributed by atoms with Crippen molar-refractivity contribution in [1.29, 1.82) is 0 Å². The molecule has 2 fully saturated rings. The Balaban J connectivity index is 1.78. The van der Waals surface area contributed by atoms with Crippen molar-refractivity contribution >= 4 is 21.2 Å². The van der Waals surface area contributed by atoms with Gasteiger partial charge in [0.1, 0.15) is 5.69 Å². The van der Waals surface area contributed by atoms with Crippen molar-refractivity contribution < 1.29 is 18.1 Å². The molecule has 0 N–H and O–H groups in total. The molecule has 0 bridgehead atoms. The molecule has 2 saturated heterocycles. The number of nitrogens with zero attached hydrogens (tertiary/aromatic N) is 2. The van der Waals surface area contributed by atoms with Crippen LogP contribution in [0.4, 0.5) is 11.4 Å². The summed E-state index contributed by atoms with van der Waals surface area (Å²) >= 11 is 0. The number of nitro benzene ring substituents is 1. The van der Waals surface area contributed by atoms with Crippen LogP contribution in [0.1, 0.15) is 25.7 Å². The van der Waals surface area contributed by atoms with E-state index >= 15 is 0 Å². The van der Waals surface area contributed by atoms with Crippen molar-refractivity contribution in [3.05, 3.63) is 28.3 Å². The molecule has 2 aliphatic rings. The number of benzene rings is 1. The highest BCUT2D eigenvalue weighted by molar-refractivity contribution is 7.90. The molecule has 1 unspecified atom stereocenters. The van der Waals surface area contributed by atoms with Gasteiger partial charge in [-0.1, -0.05) is 0 Å². The van der Waals surface area contributed by atoms with Crippen LogP contribution >= 0.6 is 0 Å². The maximum atomic E-state index is 11.6. The third-order valence-electron chi connectivity index (χ3n) is 4.94. The molecule has 1 aromatic carbocycles. The zero-order valence-corrected chi connectivity index (χ0v) is 14.5. The Morgan fingerprint density at radius 3 is 2.50 bits per heavy atom. The Morgan fingerprint density at radius 1 is 1.25 bits per heavy atom. The fraction of sp³-hybridized carbons (Fsp3) is 0.625. The summed E-state index contributed by atoms with van der Waals surface area (Å²) in [7, 11) is -3.47. The van der Waals surface area contributed by atoms with Crippen molar-refractivity contribution in [3.63, 3.8) is 0 Å². The number of piperidine rings is 1. The number of sulfone groups is 1. The van der Waals surface area contributed by atoms with E-state index in [-0.39, 0.29) is 10.6 Å². The predicted molar refractivity (Wildman–Crippen MR) is 90.1 cm³/mol. The molecular formula is C16H22N2O5S. The molecule has 0 radical (unpaired) electrons. The Morgan fingerprint density at radius 2 is 1.96 bits per heavy atom. The van der Waals surface area contributed by atoms with Gasteiger partial charge in [0.15, 0.2) is 9.84 Å². The molecule has 0 aromatic heterocycles. The van der Waals surface area contributed by atoms with Crippen LogP contribution in [0.25, 0.3) is 0 Å². The van der Waals surface area contributed by atoms with Gasteiger partial charge >= 0.3 is 0 Å². The van der Waals surface area contributed by atoms with Gasteiger partial charge in [-0.25, -0.2) is 8.42 Å². The summed E-state index contributed by atoms with van der Waals surface area (Å²) in [4.78, 5) is 12.8. The van der Waals surface area contributed by atoms with Crippen LogP contribution in [0, 0.1) is 16.0 Å². The van der Waals surface area contributed by atoms with Crippen LogP contribution in [0.15, 0.2) is 23.1 Å². The zero-order chi connectivity index (χ0) is 17.3. The highest BCUT2D eigenvalue weighted by Gasteiger charge is 2.31. The van der Waals surface area contributed by atoms with E-state index in [4.69, 9.17) is 4.74 Å². The van der Waals surface area contributed by atoms with E-state index in [1.54, 1.807) is 6.07 Å². The summed E-state index contributed by atoms with van der Waals surface area (Å²) in [5.41, 5.74) is 0.353. The molecule has 3 rings (SSSR count). The predicted octanol–water partition coefficient (Wildman–Crippen LogP) is 2.39. The normalized spacial score (nSPS) is 22.7. The van der Waals surface area contributed by atoms with Crippen LogP contribution < -0.4 is 4.90 Å². The number of hydrogen-bond acceptors (Lipinski definition) is 6. The molecule has 8 heteroatoms. The Bertz CT molecular complexity index is 720. The molecule has 2 heterocycles. The van der Waals surface area contributed by atoms with E-state index in [0.29, 0.717) is 17.7 Å². The topological polar surface area (TPSA) is 89.8 Å². The first-order valence-corrected chi connectivity index (χ1v) is 10.1. The molecule has 0 amide bonds. The first kappa shape index (κ1) is 17.2. The van der Waals surface area contributed by atoms with Crippen LogP contribution in [0.3, 0.4) is 0 Å². The fourth-order valence-corrected chi connectivity index (χ4v) is 4.27. The van der Waals surface area contributed by atoms with Crippen LogP contribution in [-0.4, -0.2) is 45.4 Å². The van der Waals surface area contributed by atoms with Crippen molar-refractivity contribution in [1.82, 2.24) is 0 Å². The molecule has 132 valence electrons. The zero-order valence-electron chi connectivity index (χ0n) is 13.7. The molecule has 1 aromatic rings. The molecule has 7 nitrogen and oxygen atoms in total. The first-order valence-electron chi connectivity index (χ1n) is 8.21. The first-order chi connectivity index (χ1) is 11.4. The minimum absolute atomic E-state index is 0.0211. The van der Waals surface area contributed by atoms with Gasteiger partial charge < -0.3 is 9.64 Å². The average molecular weight is 354 g/mol. The van der Waals surface area contributed by atoms with Crippen molar-refractivity contribution in [2.75, 3.05) is 30.9 Å². The van der Waals surface area contributed by atoms with E-state index < -0.39 is 14.8 Å². The van der Waals surface area contributed by atoms with Gasteiger partial charge in [-0.05, 0) is 43.7 Å². The minimum atomic E-state index is -3.47. The van der Waals surface area contributed by atoms with Crippen molar-refractivity contribution in [2.45, 2.75) is 36.7 Å². The average Bonchev–Trinajstić information content (AvgIpc) is 3.08. The lowest BCUT2D eigenvalue weighted by molar-refractivity contribution is -0.384. The molecular weight excluding hydrogens is 332 g/mol. The molecule has 2 aliphatic heterocycles. The molecule has 0 spiro atoms. The lowest BCUT2D eigenvalue weighted by Crippen LogP contribution is -2.38.